The van der Waals surface area contributed by atoms with E-state index in [2.05, 4.69) is 11.8 Å². The fourth-order valence-corrected chi connectivity index (χ4v) is 2.38. The molecule has 4 nitrogen and oxygen atoms in total. The van der Waals surface area contributed by atoms with Crippen LogP contribution >= 0.6 is 0 Å². The van der Waals surface area contributed by atoms with Crippen LogP contribution in [0.25, 0.3) is 0 Å². The van der Waals surface area contributed by atoms with E-state index in [0.717, 1.165) is 19.0 Å². The molecule has 0 aromatic heterocycles. The third-order valence-electron chi connectivity index (χ3n) is 3.51. The number of carbonyl (C=O) groups is 1. The van der Waals surface area contributed by atoms with Gasteiger partial charge in [-0.15, -0.1) is 0 Å². The number of rotatable bonds is 9. The quantitative estimate of drug-likeness (QED) is 0.705. The molecule has 0 unspecified atom stereocenters. The molecule has 1 saturated carbocycles. The van der Waals surface area contributed by atoms with Gasteiger partial charge in [0, 0.05) is 12.6 Å². The van der Waals surface area contributed by atoms with Gasteiger partial charge in [-0.05, 0) is 50.4 Å². The maximum absolute atomic E-state index is 10.9. The lowest BCUT2D eigenvalue weighted by Crippen LogP contribution is -2.28. The zero-order chi connectivity index (χ0) is 14.4. The topological polar surface area (TPSA) is 49.8 Å². The predicted molar refractivity (Wildman–Crippen MR) is 78.4 cm³/mol. The second-order valence-corrected chi connectivity index (χ2v) is 5.30. The summed E-state index contributed by atoms with van der Waals surface area (Å²) in [5.74, 6) is -0.281. The highest BCUT2D eigenvalue weighted by Gasteiger charge is 2.27. The van der Waals surface area contributed by atoms with Gasteiger partial charge in [-0.25, -0.2) is 4.79 Å². The van der Waals surface area contributed by atoms with Gasteiger partial charge >= 0.3 is 5.97 Å². The second kappa shape index (κ2) is 7.29. The molecule has 1 aromatic rings. The Morgan fingerprint density at radius 2 is 2.20 bits per heavy atom. The fraction of sp³-hybridized carbons (Fsp3) is 0.562. The summed E-state index contributed by atoms with van der Waals surface area (Å²) in [5.41, 5.74) is 0.271. The van der Waals surface area contributed by atoms with Gasteiger partial charge in [-0.1, -0.05) is 13.0 Å². The van der Waals surface area contributed by atoms with Crippen molar-refractivity contribution in [1.82, 2.24) is 4.90 Å². The normalized spacial score (nSPS) is 14.5. The van der Waals surface area contributed by atoms with Gasteiger partial charge in [-0.3, -0.25) is 0 Å². The van der Waals surface area contributed by atoms with E-state index < -0.39 is 5.97 Å². The van der Waals surface area contributed by atoms with E-state index in [1.54, 1.807) is 24.3 Å². The predicted octanol–water partition coefficient (Wildman–Crippen LogP) is 3.03. The van der Waals surface area contributed by atoms with Crippen LogP contribution in [0.5, 0.6) is 5.75 Å². The number of carboxylic acid groups (broad SMARTS) is 1. The zero-order valence-electron chi connectivity index (χ0n) is 12.0. The van der Waals surface area contributed by atoms with Gasteiger partial charge in [0.25, 0.3) is 0 Å². The van der Waals surface area contributed by atoms with E-state index >= 15 is 0 Å². The first-order chi connectivity index (χ1) is 9.70. The number of aromatic carboxylic acids is 1. The number of benzene rings is 1. The van der Waals surface area contributed by atoms with Crippen molar-refractivity contribution in [3.63, 3.8) is 0 Å². The van der Waals surface area contributed by atoms with Crippen LogP contribution in [0, 0.1) is 0 Å². The zero-order valence-corrected chi connectivity index (χ0v) is 12.0. The molecule has 0 aliphatic heterocycles. The third-order valence-corrected chi connectivity index (χ3v) is 3.51. The molecule has 1 aliphatic rings. The van der Waals surface area contributed by atoms with E-state index in [9.17, 15) is 4.79 Å². The molecule has 0 spiro atoms. The summed E-state index contributed by atoms with van der Waals surface area (Å²) in [6, 6.07) is 7.47. The Kier molecular flexibility index (Phi) is 5.41. The first-order valence-corrected chi connectivity index (χ1v) is 7.41. The van der Waals surface area contributed by atoms with E-state index in [-0.39, 0.29) is 5.56 Å². The van der Waals surface area contributed by atoms with E-state index in [1.165, 1.54) is 25.8 Å². The Morgan fingerprint density at radius 1 is 1.40 bits per heavy atom. The Hall–Kier alpha value is -1.55. The van der Waals surface area contributed by atoms with Gasteiger partial charge in [0.2, 0.25) is 0 Å². The number of hydrogen-bond donors (Lipinski definition) is 1. The molecule has 1 aromatic carbocycles. The van der Waals surface area contributed by atoms with Crippen LogP contribution in [-0.2, 0) is 0 Å². The minimum absolute atomic E-state index is 0.271. The minimum Gasteiger partial charge on any atom is -0.494 e. The molecule has 2 rings (SSSR count). The molecule has 0 saturated heterocycles. The van der Waals surface area contributed by atoms with Crippen LogP contribution in [0.2, 0.25) is 0 Å². The molecule has 1 N–H and O–H groups in total. The summed E-state index contributed by atoms with van der Waals surface area (Å²) in [6.07, 6.45) is 4.84. The van der Waals surface area contributed by atoms with Crippen molar-refractivity contribution < 1.29 is 14.6 Å². The molecule has 4 heteroatoms. The van der Waals surface area contributed by atoms with E-state index in [4.69, 9.17) is 9.84 Å². The number of ether oxygens (including phenoxy) is 1. The molecular weight excluding hydrogens is 254 g/mol. The maximum atomic E-state index is 10.9. The molecule has 0 atom stereocenters. The summed E-state index contributed by atoms with van der Waals surface area (Å²) >= 11 is 0. The highest BCUT2D eigenvalue weighted by Crippen LogP contribution is 2.26. The molecule has 110 valence electrons. The Balaban J connectivity index is 1.72. The molecule has 0 amide bonds. The van der Waals surface area contributed by atoms with Crippen LogP contribution in [0.4, 0.5) is 0 Å². The summed E-state index contributed by atoms with van der Waals surface area (Å²) in [5, 5.41) is 8.92. The molecule has 0 radical (unpaired) electrons. The standard InChI is InChI=1S/C16H23NO3/c1-2-9-17(14-7-8-14)10-4-11-20-15-6-3-5-13(12-15)16(18)19/h3,5-6,12,14H,2,4,7-11H2,1H3,(H,18,19). The number of carboxylic acids is 1. The van der Waals surface area contributed by atoms with Crippen molar-refractivity contribution in [2.75, 3.05) is 19.7 Å². The van der Waals surface area contributed by atoms with Crippen LogP contribution < -0.4 is 4.74 Å². The second-order valence-electron chi connectivity index (χ2n) is 5.30. The Labute approximate surface area is 120 Å². The van der Waals surface area contributed by atoms with E-state index in [1.807, 2.05) is 0 Å². The van der Waals surface area contributed by atoms with Gasteiger partial charge < -0.3 is 14.7 Å². The lowest BCUT2D eigenvalue weighted by atomic mass is 10.2. The SMILES string of the molecule is CCCN(CCCOc1cccc(C(=O)O)c1)C1CC1. The maximum Gasteiger partial charge on any atom is 0.335 e. The smallest absolute Gasteiger partial charge is 0.335 e. The van der Waals surface area contributed by atoms with Crippen LogP contribution in [0.1, 0.15) is 43.0 Å². The molecule has 0 bridgehead atoms. The van der Waals surface area contributed by atoms with Gasteiger partial charge in [0.1, 0.15) is 5.75 Å². The van der Waals surface area contributed by atoms with Crippen molar-refractivity contribution >= 4 is 5.97 Å². The summed E-state index contributed by atoms with van der Waals surface area (Å²) < 4.78 is 5.64. The van der Waals surface area contributed by atoms with Crippen molar-refractivity contribution in [3.05, 3.63) is 29.8 Å². The minimum atomic E-state index is -0.918. The average molecular weight is 277 g/mol. The lowest BCUT2D eigenvalue weighted by molar-refractivity contribution is 0.0696. The number of nitrogens with zero attached hydrogens (tertiary/aromatic N) is 1. The number of hydrogen-bond acceptors (Lipinski definition) is 3. The highest BCUT2D eigenvalue weighted by molar-refractivity contribution is 5.87. The molecule has 1 fully saturated rings. The monoisotopic (exact) mass is 277 g/mol. The average Bonchev–Trinajstić information content (AvgIpc) is 3.27. The summed E-state index contributed by atoms with van der Waals surface area (Å²) in [7, 11) is 0. The summed E-state index contributed by atoms with van der Waals surface area (Å²) in [4.78, 5) is 13.4. The first kappa shape index (κ1) is 14.9. The van der Waals surface area contributed by atoms with Crippen molar-refractivity contribution in [1.29, 1.82) is 0 Å². The van der Waals surface area contributed by atoms with Gasteiger partial charge in [0.05, 0.1) is 12.2 Å². The van der Waals surface area contributed by atoms with Crippen LogP contribution in [0.15, 0.2) is 24.3 Å². The summed E-state index contributed by atoms with van der Waals surface area (Å²) in [6.45, 7) is 5.08. The van der Waals surface area contributed by atoms with Crippen molar-refractivity contribution in [2.45, 2.75) is 38.6 Å². The van der Waals surface area contributed by atoms with Crippen LogP contribution in [-0.4, -0.2) is 41.7 Å². The third kappa shape index (κ3) is 4.53. The van der Waals surface area contributed by atoms with Crippen molar-refractivity contribution in [3.8, 4) is 5.75 Å². The largest absolute Gasteiger partial charge is 0.494 e. The lowest BCUT2D eigenvalue weighted by Gasteiger charge is -2.21. The molecule has 0 heterocycles. The fourth-order valence-electron chi connectivity index (χ4n) is 2.38. The van der Waals surface area contributed by atoms with Gasteiger partial charge in [0.15, 0.2) is 0 Å². The molecular formula is C16H23NO3. The molecule has 20 heavy (non-hydrogen) atoms. The first-order valence-electron chi connectivity index (χ1n) is 7.41. The molecule has 1 aliphatic carbocycles. The Bertz CT molecular complexity index is 443. The highest BCUT2D eigenvalue weighted by atomic mass is 16.5. The Morgan fingerprint density at radius 3 is 2.85 bits per heavy atom. The van der Waals surface area contributed by atoms with Crippen LogP contribution in [0.3, 0.4) is 0 Å². The van der Waals surface area contributed by atoms with E-state index in [0.29, 0.717) is 12.4 Å². The van der Waals surface area contributed by atoms with Gasteiger partial charge in [-0.2, -0.15) is 0 Å². The van der Waals surface area contributed by atoms with Crippen molar-refractivity contribution in [2.24, 2.45) is 0 Å².